The summed E-state index contributed by atoms with van der Waals surface area (Å²) in [5.74, 6) is -0.712. The molecule has 0 aliphatic carbocycles. The first-order chi connectivity index (χ1) is 11.4. The van der Waals surface area contributed by atoms with E-state index in [1.165, 1.54) is 21.6 Å². The average Bonchev–Trinajstić information content (AvgIpc) is 2.74. The summed E-state index contributed by atoms with van der Waals surface area (Å²) in [5.41, 5.74) is 0.890. The Labute approximate surface area is 171 Å². The molecule has 1 fully saturated rings. The van der Waals surface area contributed by atoms with E-state index in [-0.39, 0.29) is 24.9 Å². The lowest BCUT2D eigenvalue weighted by molar-refractivity contribution is -0.858. The number of rotatable bonds is 6. The van der Waals surface area contributed by atoms with Crippen LogP contribution in [0.15, 0.2) is 33.6 Å². The Balaban J connectivity index is 0.00000312. The van der Waals surface area contributed by atoms with Crippen molar-refractivity contribution in [2.45, 2.75) is 0 Å². The third-order valence-electron chi connectivity index (χ3n) is 3.17. The van der Waals surface area contributed by atoms with Gasteiger partial charge in [-0.1, -0.05) is 52.0 Å². The van der Waals surface area contributed by atoms with Gasteiger partial charge in [0.25, 0.3) is 5.91 Å². The predicted molar refractivity (Wildman–Crippen MR) is 103 cm³/mol. The summed E-state index contributed by atoms with van der Waals surface area (Å²) in [6.07, 6.45) is 1.77. The van der Waals surface area contributed by atoms with Gasteiger partial charge in [-0.2, -0.15) is 0 Å². The topological polar surface area (TPSA) is 51.1 Å². The molecule has 0 saturated carbocycles. The fraction of sp³-hybridized carbons (Fsp3) is 0.312. The SMILES string of the molecule is C[NH+](C)CCOC(=O)CN1C(=O)/C(=C/c2cccc(Br)c2)SC1=S.[Cl-]. The molecule has 25 heavy (non-hydrogen) atoms. The molecule has 2 rings (SSSR count). The fourth-order valence-electron chi connectivity index (χ4n) is 1.93. The molecule has 1 aliphatic heterocycles. The van der Waals surface area contributed by atoms with E-state index in [0.717, 1.165) is 10.0 Å². The summed E-state index contributed by atoms with van der Waals surface area (Å²) in [6.45, 7) is 0.889. The minimum atomic E-state index is -0.448. The van der Waals surface area contributed by atoms with E-state index >= 15 is 0 Å². The molecular weight excluding hydrogens is 448 g/mol. The van der Waals surface area contributed by atoms with Crippen LogP contribution in [0.25, 0.3) is 6.08 Å². The number of ether oxygens (including phenoxy) is 1. The highest BCUT2D eigenvalue weighted by Gasteiger charge is 2.33. The number of halogens is 2. The van der Waals surface area contributed by atoms with Crippen molar-refractivity contribution in [2.75, 3.05) is 33.8 Å². The number of likely N-dealkylation sites (N-methyl/N-ethyl adjacent to an activating group) is 1. The van der Waals surface area contributed by atoms with Crippen LogP contribution in [0.3, 0.4) is 0 Å². The number of esters is 1. The molecule has 1 aromatic rings. The number of carbonyl (C=O) groups is 2. The minimum Gasteiger partial charge on any atom is -1.00 e. The van der Waals surface area contributed by atoms with E-state index in [1.54, 1.807) is 6.08 Å². The first-order valence-corrected chi connectivity index (χ1v) is 9.34. The highest BCUT2D eigenvalue weighted by atomic mass is 79.9. The standard InChI is InChI=1S/C16H17BrN2O3S2.ClH/c1-18(2)6-7-22-14(20)10-19-15(21)13(24-16(19)23)9-11-4-3-5-12(17)8-11;/h3-5,8-9H,6-7,10H2,1-2H3;1H/b13-9-;. The van der Waals surface area contributed by atoms with E-state index in [9.17, 15) is 9.59 Å². The van der Waals surface area contributed by atoms with E-state index in [4.69, 9.17) is 17.0 Å². The van der Waals surface area contributed by atoms with Crippen molar-refractivity contribution in [1.82, 2.24) is 4.90 Å². The monoisotopic (exact) mass is 464 g/mol. The molecule has 1 aromatic carbocycles. The van der Waals surface area contributed by atoms with Gasteiger partial charge in [0, 0.05) is 4.47 Å². The van der Waals surface area contributed by atoms with Gasteiger partial charge < -0.3 is 22.0 Å². The summed E-state index contributed by atoms with van der Waals surface area (Å²) in [5, 5.41) is 0. The minimum absolute atomic E-state index is 0. The molecule has 1 amide bonds. The highest BCUT2D eigenvalue weighted by molar-refractivity contribution is 9.10. The predicted octanol–water partition coefficient (Wildman–Crippen LogP) is -1.66. The van der Waals surface area contributed by atoms with Crippen LogP contribution in [0.2, 0.25) is 0 Å². The van der Waals surface area contributed by atoms with Crippen LogP contribution in [0, 0.1) is 0 Å². The molecule has 136 valence electrons. The smallest absolute Gasteiger partial charge is 0.326 e. The summed E-state index contributed by atoms with van der Waals surface area (Å²) in [7, 11) is 3.95. The van der Waals surface area contributed by atoms with Gasteiger partial charge in [0.1, 0.15) is 24.0 Å². The first kappa shape index (κ1) is 22.1. The lowest BCUT2D eigenvalue weighted by Gasteiger charge is -2.14. The normalized spacial score (nSPS) is 15.7. The van der Waals surface area contributed by atoms with E-state index in [1.807, 2.05) is 38.4 Å². The number of carbonyl (C=O) groups excluding carboxylic acids is 2. The maximum Gasteiger partial charge on any atom is 0.326 e. The van der Waals surface area contributed by atoms with Gasteiger partial charge in [-0.25, -0.2) is 0 Å². The molecular formula is C16H18BrClN2O3S2. The number of nitrogens with zero attached hydrogens (tertiary/aromatic N) is 1. The van der Waals surface area contributed by atoms with Gasteiger partial charge in [0.05, 0.1) is 19.0 Å². The summed E-state index contributed by atoms with van der Waals surface area (Å²) in [6, 6.07) is 7.61. The van der Waals surface area contributed by atoms with Crippen LogP contribution in [0.5, 0.6) is 0 Å². The van der Waals surface area contributed by atoms with Crippen molar-refractivity contribution < 1.29 is 31.6 Å². The van der Waals surface area contributed by atoms with Crippen LogP contribution in [0.1, 0.15) is 5.56 Å². The number of hydrogen-bond donors (Lipinski definition) is 1. The van der Waals surface area contributed by atoms with E-state index in [0.29, 0.717) is 22.4 Å². The summed E-state index contributed by atoms with van der Waals surface area (Å²) in [4.78, 5) is 27.3. The molecule has 1 saturated heterocycles. The second kappa shape index (κ2) is 10.3. The van der Waals surface area contributed by atoms with Crippen LogP contribution in [0.4, 0.5) is 0 Å². The Morgan fingerprint density at radius 1 is 1.44 bits per heavy atom. The lowest BCUT2D eigenvalue weighted by atomic mass is 10.2. The number of quaternary nitrogens is 1. The number of amides is 1. The third-order valence-corrected chi connectivity index (χ3v) is 5.04. The zero-order chi connectivity index (χ0) is 17.7. The van der Waals surface area contributed by atoms with Crippen molar-refractivity contribution in [3.63, 3.8) is 0 Å². The van der Waals surface area contributed by atoms with Gasteiger partial charge in [-0.15, -0.1) is 0 Å². The molecule has 5 nitrogen and oxygen atoms in total. The van der Waals surface area contributed by atoms with Crippen molar-refractivity contribution in [2.24, 2.45) is 0 Å². The van der Waals surface area contributed by atoms with Crippen LogP contribution in [-0.4, -0.2) is 54.9 Å². The molecule has 1 aliphatic rings. The summed E-state index contributed by atoms with van der Waals surface area (Å²) < 4.78 is 6.43. The van der Waals surface area contributed by atoms with Crippen LogP contribution < -0.4 is 17.3 Å². The Bertz CT molecular complexity index is 698. The van der Waals surface area contributed by atoms with Crippen molar-refractivity contribution in [3.05, 3.63) is 39.2 Å². The zero-order valence-electron chi connectivity index (χ0n) is 13.8. The number of thiocarbonyl (C=S) groups is 1. The molecule has 0 spiro atoms. The maximum atomic E-state index is 12.4. The van der Waals surface area contributed by atoms with Gasteiger partial charge >= 0.3 is 5.97 Å². The Kier molecular flexibility index (Phi) is 9.09. The van der Waals surface area contributed by atoms with Crippen LogP contribution in [-0.2, 0) is 14.3 Å². The van der Waals surface area contributed by atoms with Gasteiger partial charge in [0.2, 0.25) is 0 Å². The van der Waals surface area contributed by atoms with Crippen molar-refractivity contribution in [1.29, 1.82) is 0 Å². The van der Waals surface area contributed by atoms with Gasteiger partial charge in [-0.05, 0) is 23.8 Å². The Morgan fingerprint density at radius 3 is 2.80 bits per heavy atom. The number of nitrogens with one attached hydrogen (secondary N) is 1. The highest BCUT2D eigenvalue weighted by Crippen LogP contribution is 2.32. The lowest BCUT2D eigenvalue weighted by Crippen LogP contribution is -3.06. The Morgan fingerprint density at radius 2 is 2.16 bits per heavy atom. The van der Waals surface area contributed by atoms with Crippen molar-refractivity contribution in [3.8, 4) is 0 Å². The van der Waals surface area contributed by atoms with E-state index < -0.39 is 5.97 Å². The molecule has 0 atom stereocenters. The molecule has 0 radical (unpaired) electrons. The second-order valence-corrected chi connectivity index (χ2v) is 8.09. The molecule has 0 aromatic heterocycles. The van der Waals surface area contributed by atoms with E-state index in [2.05, 4.69) is 15.9 Å². The number of hydrogen-bond acceptors (Lipinski definition) is 5. The Hall–Kier alpha value is -0.930. The molecule has 9 heteroatoms. The average molecular weight is 466 g/mol. The second-order valence-electron chi connectivity index (χ2n) is 5.50. The van der Waals surface area contributed by atoms with Crippen molar-refractivity contribution >= 4 is 62.2 Å². The van der Waals surface area contributed by atoms with Gasteiger partial charge in [0.15, 0.2) is 0 Å². The number of benzene rings is 1. The molecule has 0 bridgehead atoms. The first-order valence-electron chi connectivity index (χ1n) is 7.32. The largest absolute Gasteiger partial charge is 1.00 e. The maximum absolute atomic E-state index is 12.4. The summed E-state index contributed by atoms with van der Waals surface area (Å²) >= 11 is 9.81. The quantitative estimate of drug-likeness (QED) is 0.310. The zero-order valence-corrected chi connectivity index (χ0v) is 17.7. The fourth-order valence-corrected chi connectivity index (χ4v) is 3.60. The molecule has 1 heterocycles. The molecule has 1 N–H and O–H groups in total. The third kappa shape index (κ3) is 6.71. The van der Waals surface area contributed by atoms with Crippen LogP contribution >= 0.6 is 39.9 Å². The van der Waals surface area contributed by atoms with Gasteiger partial charge in [-0.3, -0.25) is 14.5 Å². The molecule has 0 unspecified atom stereocenters. The number of thioether (sulfide) groups is 1.